The second-order valence-electron chi connectivity index (χ2n) is 4.21. The smallest absolute Gasteiger partial charge is 0.296 e. The molecule has 0 saturated carbocycles. The molecule has 0 aliphatic rings. The predicted molar refractivity (Wildman–Crippen MR) is 70.8 cm³/mol. The normalized spacial score (nSPS) is 12.7. The Kier molecular flexibility index (Phi) is 3.20. The molecule has 0 aliphatic carbocycles. The number of anilines is 1. The van der Waals surface area contributed by atoms with Crippen LogP contribution < -0.4 is 5.32 Å². The number of para-hydroxylation sites is 2. The van der Waals surface area contributed by atoms with Gasteiger partial charge in [0.2, 0.25) is 0 Å². The Morgan fingerprint density at radius 2 is 2.11 bits per heavy atom. The molecule has 0 radical (unpaired) electrons. The summed E-state index contributed by atoms with van der Waals surface area (Å²) >= 11 is 0. The van der Waals surface area contributed by atoms with E-state index >= 15 is 0 Å². The van der Waals surface area contributed by atoms with Crippen molar-refractivity contribution in [2.24, 2.45) is 0 Å². The molecule has 0 fully saturated rings. The molecule has 2 heterocycles. The van der Waals surface area contributed by atoms with Gasteiger partial charge in [-0.05, 0) is 30.7 Å². The van der Waals surface area contributed by atoms with Crippen molar-refractivity contribution in [2.75, 3.05) is 11.9 Å². The lowest BCUT2D eigenvalue weighted by Crippen LogP contribution is -2.11. The van der Waals surface area contributed by atoms with Crippen molar-refractivity contribution < 1.29 is 13.9 Å². The van der Waals surface area contributed by atoms with Crippen LogP contribution in [-0.4, -0.2) is 16.7 Å². The van der Waals surface area contributed by atoms with Gasteiger partial charge < -0.3 is 19.3 Å². The molecule has 1 aromatic carbocycles. The Morgan fingerprint density at radius 3 is 2.84 bits per heavy atom. The number of oxazole rings is 1. The second-order valence-corrected chi connectivity index (χ2v) is 4.21. The fourth-order valence-electron chi connectivity index (χ4n) is 1.99. The zero-order valence-corrected chi connectivity index (χ0v) is 10.2. The molecular formula is C14H14N2O3. The molecule has 1 unspecified atom stereocenters. The van der Waals surface area contributed by atoms with E-state index in [9.17, 15) is 0 Å². The number of rotatable bonds is 5. The zero-order valence-electron chi connectivity index (χ0n) is 10.2. The number of aromatic nitrogens is 1. The van der Waals surface area contributed by atoms with Gasteiger partial charge in [0.15, 0.2) is 5.58 Å². The topological polar surface area (TPSA) is 71.4 Å². The van der Waals surface area contributed by atoms with E-state index in [-0.39, 0.29) is 12.6 Å². The summed E-state index contributed by atoms with van der Waals surface area (Å²) in [5.74, 6) is 0.747. The van der Waals surface area contributed by atoms with Crippen LogP contribution in [0.25, 0.3) is 11.1 Å². The maximum absolute atomic E-state index is 9.12. The van der Waals surface area contributed by atoms with Gasteiger partial charge in [-0.1, -0.05) is 12.1 Å². The molecule has 3 rings (SSSR count). The van der Waals surface area contributed by atoms with Crippen LogP contribution in [0.1, 0.15) is 18.2 Å². The van der Waals surface area contributed by atoms with Gasteiger partial charge in [-0.25, -0.2) is 0 Å². The number of hydrogen-bond acceptors (Lipinski definition) is 5. The average molecular weight is 258 g/mol. The van der Waals surface area contributed by atoms with Gasteiger partial charge in [0.25, 0.3) is 6.01 Å². The summed E-state index contributed by atoms with van der Waals surface area (Å²) in [7, 11) is 0. The van der Waals surface area contributed by atoms with Gasteiger partial charge in [0.05, 0.1) is 12.3 Å². The van der Waals surface area contributed by atoms with Gasteiger partial charge in [-0.3, -0.25) is 0 Å². The maximum atomic E-state index is 9.12. The minimum Gasteiger partial charge on any atom is -0.467 e. The first-order chi connectivity index (χ1) is 9.36. The van der Waals surface area contributed by atoms with Gasteiger partial charge in [0, 0.05) is 6.61 Å². The van der Waals surface area contributed by atoms with E-state index in [2.05, 4.69) is 10.3 Å². The summed E-state index contributed by atoms with van der Waals surface area (Å²) < 4.78 is 10.9. The summed E-state index contributed by atoms with van der Waals surface area (Å²) in [5.41, 5.74) is 1.53. The molecule has 3 aromatic rings. The lowest BCUT2D eigenvalue weighted by molar-refractivity contribution is 0.272. The number of nitrogens with zero attached hydrogens (tertiary/aromatic N) is 1. The van der Waals surface area contributed by atoms with Crippen molar-refractivity contribution in [3.63, 3.8) is 0 Å². The van der Waals surface area contributed by atoms with Crippen molar-refractivity contribution in [1.29, 1.82) is 0 Å². The van der Waals surface area contributed by atoms with E-state index in [1.807, 2.05) is 36.4 Å². The number of nitrogens with one attached hydrogen (secondary N) is 1. The molecule has 0 spiro atoms. The molecule has 0 aliphatic heterocycles. The molecule has 2 N–H and O–H groups in total. The van der Waals surface area contributed by atoms with Crippen LogP contribution in [0.3, 0.4) is 0 Å². The van der Waals surface area contributed by atoms with E-state index in [1.165, 1.54) is 0 Å². The molecule has 0 bridgehead atoms. The van der Waals surface area contributed by atoms with Crippen molar-refractivity contribution in [3.05, 3.63) is 48.4 Å². The standard InChI is InChI=1S/C14H14N2O3/c17-8-7-11(12-6-3-9-18-12)16-14-15-10-4-1-2-5-13(10)19-14/h1-6,9,11,17H,7-8H2,(H,15,16). The predicted octanol–water partition coefficient (Wildman–Crippen LogP) is 2.96. The van der Waals surface area contributed by atoms with Crippen LogP contribution in [0.4, 0.5) is 6.01 Å². The molecule has 0 saturated heterocycles. The summed E-state index contributed by atoms with van der Waals surface area (Å²) in [6.45, 7) is 0.0542. The quantitative estimate of drug-likeness (QED) is 0.736. The highest BCUT2D eigenvalue weighted by atomic mass is 16.4. The Balaban J connectivity index is 1.85. The third-order valence-electron chi connectivity index (χ3n) is 2.90. The van der Waals surface area contributed by atoms with Gasteiger partial charge in [-0.15, -0.1) is 0 Å². The van der Waals surface area contributed by atoms with Gasteiger partial charge >= 0.3 is 0 Å². The van der Waals surface area contributed by atoms with Gasteiger partial charge in [-0.2, -0.15) is 4.98 Å². The van der Waals surface area contributed by atoms with Gasteiger partial charge in [0.1, 0.15) is 11.3 Å². The number of benzene rings is 1. The zero-order chi connectivity index (χ0) is 13.1. The van der Waals surface area contributed by atoms with Crippen LogP contribution in [0.15, 0.2) is 51.5 Å². The Bertz CT molecular complexity index is 613. The fourth-order valence-corrected chi connectivity index (χ4v) is 1.99. The van der Waals surface area contributed by atoms with Crippen LogP contribution in [0, 0.1) is 0 Å². The third-order valence-corrected chi connectivity index (χ3v) is 2.90. The summed E-state index contributed by atoms with van der Waals surface area (Å²) in [6.07, 6.45) is 2.12. The molecule has 5 heteroatoms. The Labute approximate surface area is 109 Å². The van der Waals surface area contributed by atoms with E-state index < -0.39 is 0 Å². The lowest BCUT2D eigenvalue weighted by atomic mass is 10.1. The number of aliphatic hydroxyl groups excluding tert-OH is 1. The summed E-state index contributed by atoms with van der Waals surface area (Å²) in [6, 6.07) is 11.5. The summed E-state index contributed by atoms with van der Waals surface area (Å²) in [5, 5.41) is 12.3. The SMILES string of the molecule is OCCC(Nc1nc2ccccc2o1)c1ccco1. The maximum Gasteiger partial charge on any atom is 0.296 e. The molecule has 98 valence electrons. The van der Waals surface area contributed by atoms with E-state index in [0.29, 0.717) is 12.4 Å². The Hall–Kier alpha value is -2.27. The minimum atomic E-state index is -0.159. The number of aliphatic hydroxyl groups is 1. The first-order valence-electron chi connectivity index (χ1n) is 6.13. The van der Waals surface area contributed by atoms with Crippen molar-refractivity contribution in [1.82, 2.24) is 4.98 Å². The second kappa shape index (κ2) is 5.16. The molecule has 0 amide bonds. The average Bonchev–Trinajstić information content (AvgIpc) is 3.07. The van der Waals surface area contributed by atoms with Crippen LogP contribution in [0.2, 0.25) is 0 Å². The highest BCUT2D eigenvalue weighted by Crippen LogP contribution is 2.25. The number of fused-ring (bicyclic) bond motifs is 1. The molecule has 2 aromatic heterocycles. The lowest BCUT2D eigenvalue weighted by Gasteiger charge is -2.13. The number of furan rings is 1. The molecule has 5 nitrogen and oxygen atoms in total. The molecular weight excluding hydrogens is 244 g/mol. The van der Waals surface area contributed by atoms with Crippen LogP contribution in [0.5, 0.6) is 0 Å². The minimum absolute atomic E-state index is 0.0542. The van der Waals surface area contributed by atoms with Crippen molar-refractivity contribution in [2.45, 2.75) is 12.5 Å². The monoisotopic (exact) mass is 258 g/mol. The molecule has 1 atom stereocenters. The fraction of sp³-hybridized carbons (Fsp3) is 0.214. The van der Waals surface area contributed by atoms with Crippen LogP contribution >= 0.6 is 0 Å². The van der Waals surface area contributed by atoms with Crippen LogP contribution in [-0.2, 0) is 0 Å². The first kappa shape index (κ1) is 11.8. The highest BCUT2D eigenvalue weighted by molar-refractivity contribution is 5.74. The van der Waals surface area contributed by atoms with E-state index in [4.69, 9.17) is 13.9 Å². The highest BCUT2D eigenvalue weighted by Gasteiger charge is 2.16. The van der Waals surface area contributed by atoms with E-state index in [0.717, 1.165) is 16.9 Å². The van der Waals surface area contributed by atoms with E-state index in [1.54, 1.807) is 6.26 Å². The third kappa shape index (κ3) is 2.46. The first-order valence-corrected chi connectivity index (χ1v) is 6.13. The Morgan fingerprint density at radius 1 is 1.21 bits per heavy atom. The van der Waals surface area contributed by atoms with Crippen molar-refractivity contribution in [3.8, 4) is 0 Å². The molecule has 19 heavy (non-hydrogen) atoms. The number of hydrogen-bond donors (Lipinski definition) is 2. The summed E-state index contributed by atoms with van der Waals surface area (Å²) in [4.78, 5) is 4.34. The largest absolute Gasteiger partial charge is 0.467 e. The van der Waals surface area contributed by atoms with Crippen molar-refractivity contribution >= 4 is 17.1 Å².